The van der Waals surface area contributed by atoms with Crippen LogP contribution in [0.3, 0.4) is 0 Å². The van der Waals surface area contributed by atoms with Crippen LogP contribution in [-0.2, 0) is 0 Å². The van der Waals surface area contributed by atoms with Gasteiger partial charge in [-0.05, 0) is 18.6 Å². The van der Waals surface area contributed by atoms with Crippen molar-refractivity contribution in [2.45, 2.75) is 19.4 Å². The molecule has 152 valence electrons. The van der Waals surface area contributed by atoms with Gasteiger partial charge < -0.3 is 5.32 Å². The van der Waals surface area contributed by atoms with Crippen LogP contribution in [0.25, 0.3) is 27.1 Å². The van der Waals surface area contributed by atoms with Gasteiger partial charge in [0.05, 0.1) is 34.2 Å². The minimum absolute atomic E-state index is 0.266. The number of rotatable bonds is 5. The molecule has 0 aliphatic heterocycles. The topological polar surface area (TPSA) is 138 Å². The molecule has 0 saturated carbocycles. The number of thiazole rings is 1. The fourth-order valence-corrected chi connectivity index (χ4v) is 4.12. The van der Waals surface area contributed by atoms with Crippen LogP contribution in [0.4, 0.5) is 5.82 Å². The number of benzene rings is 1. The van der Waals surface area contributed by atoms with E-state index in [0.29, 0.717) is 34.9 Å². The Morgan fingerprint density at radius 3 is 2.97 bits per heavy atom. The van der Waals surface area contributed by atoms with E-state index in [1.807, 2.05) is 6.92 Å². The van der Waals surface area contributed by atoms with Crippen LogP contribution < -0.4 is 10.9 Å². The molecule has 11 heteroatoms. The molecular weight excluding hydrogens is 414 g/mol. The number of nitrogens with zero attached hydrogens (tertiary/aromatic N) is 7. The molecule has 5 aromatic rings. The van der Waals surface area contributed by atoms with Crippen molar-refractivity contribution in [3.8, 4) is 11.9 Å². The Kier molecular flexibility index (Phi) is 4.61. The Bertz CT molecular complexity index is 1500. The van der Waals surface area contributed by atoms with Crippen LogP contribution in [-0.4, -0.2) is 34.7 Å². The van der Waals surface area contributed by atoms with E-state index in [4.69, 9.17) is 4.98 Å². The molecule has 0 unspecified atom stereocenters. The van der Waals surface area contributed by atoms with Crippen LogP contribution in [0.1, 0.15) is 30.8 Å². The minimum atomic E-state index is -0.369. The Balaban J connectivity index is 1.74. The number of nitriles is 1. The standard InChI is InChI=1S/C20H15N9OS/c1-2-12(26-17-16-19(23-9-22-17)31-10-24-16)18-27-13-5-3-4-11(8-21)15(13)20(30)29(18)14-6-7-25-28-14/h3-7,9-10,12H,2H2,1H3,(H,25,28)(H,22,23,26)/t12-/m0/s1. The molecule has 31 heavy (non-hydrogen) atoms. The zero-order valence-electron chi connectivity index (χ0n) is 16.3. The van der Waals surface area contributed by atoms with Gasteiger partial charge in [-0.2, -0.15) is 10.4 Å². The first-order valence-electron chi connectivity index (χ1n) is 9.47. The van der Waals surface area contributed by atoms with Gasteiger partial charge in [0.2, 0.25) is 0 Å². The van der Waals surface area contributed by atoms with Crippen molar-refractivity contribution >= 4 is 38.4 Å². The minimum Gasteiger partial charge on any atom is -0.358 e. The summed E-state index contributed by atoms with van der Waals surface area (Å²) in [6, 6.07) is 8.46. The second kappa shape index (κ2) is 7.58. The number of nitrogens with one attached hydrogen (secondary N) is 2. The van der Waals surface area contributed by atoms with Crippen LogP contribution in [0.5, 0.6) is 0 Å². The first kappa shape index (κ1) is 18.8. The summed E-state index contributed by atoms with van der Waals surface area (Å²) in [5, 5.41) is 19.9. The summed E-state index contributed by atoms with van der Waals surface area (Å²) in [4.78, 5) is 32.0. The van der Waals surface area contributed by atoms with E-state index in [1.165, 1.54) is 22.2 Å². The maximum absolute atomic E-state index is 13.5. The largest absolute Gasteiger partial charge is 0.358 e. The monoisotopic (exact) mass is 429 g/mol. The summed E-state index contributed by atoms with van der Waals surface area (Å²) in [5.41, 5.74) is 2.76. The van der Waals surface area contributed by atoms with E-state index in [1.54, 1.807) is 36.0 Å². The fraction of sp³-hybridized carbons (Fsp3) is 0.150. The summed E-state index contributed by atoms with van der Waals surface area (Å²) in [6.45, 7) is 1.98. The van der Waals surface area contributed by atoms with E-state index in [9.17, 15) is 10.1 Å². The van der Waals surface area contributed by atoms with Gasteiger partial charge in [-0.3, -0.25) is 9.89 Å². The highest BCUT2D eigenvalue weighted by atomic mass is 32.1. The molecule has 1 aromatic carbocycles. The molecule has 4 aromatic heterocycles. The fourth-order valence-electron chi connectivity index (χ4n) is 3.49. The average Bonchev–Trinajstić information content (AvgIpc) is 3.49. The van der Waals surface area contributed by atoms with Crippen molar-refractivity contribution in [1.82, 2.24) is 34.7 Å². The maximum Gasteiger partial charge on any atom is 0.268 e. The first-order valence-corrected chi connectivity index (χ1v) is 10.4. The molecule has 0 bridgehead atoms. The van der Waals surface area contributed by atoms with Crippen molar-refractivity contribution in [2.75, 3.05) is 5.32 Å². The highest BCUT2D eigenvalue weighted by Crippen LogP contribution is 2.27. The third kappa shape index (κ3) is 3.10. The average molecular weight is 429 g/mol. The highest BCUT2D eigenvalue weighted by Gasteiger charge is 2.23. The van der Waals surface area contributed by atoms with Gasteiger partial charge in [0.25, 0.3) is 5.56 Å². The lowest BCUT2D eigenvalue weighted by Gasteiger charge is -2.21. The molecule has 0 aliphatic carbocycles. The second-order valence-electron chi connectivity index (χ2n) is 6.70. The van der Waals surface area contributed by atoms with E-state index >= 15 is 0 Å². The molecule has 5 rings (SSSR count). The maximum atomic E-state index is 13.5. The van der Waals surface area contributed by atoms with E-state index in [0.717, 1.165) is 4.83 Å². The van der Waals surface area contributed by atoms with Crippen LogP contribution in [0.15, 0.2) is 47.1 Å². The van der Waals surface area contributed by atoms with E-state index in [2.05, 4.69) is 36.5 Å². The Morgan fingerprint density at radius 2 is 2.19 bits per heavy atom. The van der Waals surface area contributed by atoms with Gasteiger partial charge in [-0.25, -0.2) is 24.5 Å². The van der Waals surface area contributed by atoms with Crippen LogP contribution >= 0.6 is 11.3 Å². The van der Waals surface area contributed by atoms with Gasteiger partial charge >= 0.3 is 0 Å². The van der Waals surface area contributed by atoms with Crippen molar-refractivity contribution in [3.63, 3.8) is 0 Å². The highest BCUT2D eigenvalue weighted by molar-refractivity contribution is 7.16. The number of anilines is 1. The number of aromatic nitrogens is 7. The smallest absolute Gasteiger partial charge is 0.268 e. The lowest BCUT2D eigenvalue weighted by atomic mass is 10.1. The summed E-state index contributed by atoms with van der Waals surface area (Å²) in [5.74, 6) is 1.50. The molecule has 2 N–H and O–H groups in total. The summed E-state index contributed by atoms with van der Waals surface area (Å²) in [6.07, 6.45) is 3.65. The van der Waals surface area contributed by atoms with Gasteiger partial charge in [-0.15, -0.1) is 11.3 Å². The first-order chi connectivity index (χ1) is 15.2. The zero-order chi connectivity index (χ0) is 21.4. The number of fused-ring (bicyclic) bond motifs is 2. The molecule has 10 nitrogen and oxygen atoms in total. The third-order valence-electron chi connectivity index (χ3n) is 4.94. The Labute approximate surface area is 179 Å². The molecule has 4 heterocycles. The summed E-state index contributed by atoms with van der Waals surface area (Å²) < 4.78 is 1.46. The van der Waals surface area contributed by atoms with Gasteiger partial charge in [0.1, 0.15) is 34.4 Å². The zero-order valence-corrected chi connectivity index (χ0v) is 17.1. The molecule has 1 atom stereocenters. The number of H-pyrrole nitrogens is 1. The van der Waals surface area contributed by atoms with Crippen LogP contribution in [0, 0.1) is 11.3 Å². The number of aromatic amines is 1. The van der Waals surface area contributed by atoms with Crippen molar-refractivity contribution in [2.24, 2.45) is 0 Å². The SMILES string of the molecule is CC[C@H](Nc1ncnc2scnc12)c1nc2cccc(C#N)c2c(=O)n1-c1ccn[nH]1. The Morgan fingerprint density at radius 1 is 1.29 bits per heavy atom. The van der Waals surface area contributed by atoms with Crippen molar-refractivity contribution in [3.05, 3.63) is 64.0 Å². The lowest BCUT2D eigenvalue weighted by Crippen LogP contribution is -2.29. The quantitative estimate of drug-likeness (QED) is 0.435. The van der Waals surface area contributed by atoms with Crippen LogP contribution in [0.2, 0.25) is 0 Å². The van der Waals surface area contributed by atoms with E-state index in [-0.39, 0.29) is 22.6 Å². The molecule has 0 radical (unpaired) electrons. The number of hydrogen-bond acceptors (Lipinski definition) is 9. The lowest BCUT2D eigenvalue weighted by molar-refractivity contribution is 0.653. The summed E-state index contributed by atoms with van der Waals surface area (Å²) in [7, 11) is 0. The molecule has 0 aliphatic rings. The molecule has 0 spiro atoms. The third-order valence-corrected chi connectivity index (χ3v) is 5.67. The predicted octanol–water partition coefficient (Wildman–Crippen LogP) is 2.94. The summed E-state index contributed by atoms with van der Waals surface area (Å²) >= 11 is 1.42. The van der Waals surface area contributed by atoms with Crippen molar-refractivity contribution in [1.29, 1.82) is 5.26 Å². The predicted molar refractivity (Wildman–Crippen MR) is 116 cm³/mol. The molecule has 0 saturated heterocycles. The molecule has 0 amide bonds. The van der Waals surface area contributed by atoms with E-state index < -0.39 is 0 Å². The Hall–Kier alpha value is -4.17. The second-order valence-corrected chi connectivity index (χ2v) is 7.53. The molecular formula is C20H15N9OS. The molecule has 0 fully saturated rings. The normalized spacial score (nSPS) is 12.1. The number of hydrogen-bond donors (Lipinski definition) is 2. The van der Waals surface area contributed by atoms with Crippen molar-refractivity contribution < 1.29 is 0 Å². The van der Waals surface area contributed by atoms with Gasteiger partial charge in [-0.1, -0.05) is 13.0 Å². The van der Waals surface area contributed by atoms with Gasteiger partial charge in [0, 0.05) is 6.07 Å². The van der Waals surface area contributed by atoms with Gasteiger partial charge in [0.15, 0.2) is 5.82 Å².